The number of benzene rings is 2. The Hall–Kier alpha value is -2.69. The summed E-state index contributed by atoms with van der Waals surface area (Å²) in [5.41, 5.74) is -0.959. The van der Waals surface area contributed by atoms with Crippen molar-refractivity contribution >= 4 is 33.7 Å². The molecule has 2 heterocycles. The number of nitrogens with zero attached hydrogens (tertiary/aromatic N) is 2. The molecule has 0 saturated carbocycles. The molecule has 0 spiro atoms. The molecule has 2 aliphatic rings. The van der Waals surface area contributed by atoms with Gasteiger partial charge in [-0.3, -0.25) is 0 Å². The molecule has 0 atom stereocenters. The molecule has 2 saturated heterocycles. The average Bonchev–Trinajstić information content (AvgIpc) is 2.82. The Morgan fingerprint density at radius 3 is 2.31 bits per heavy atom. The first-order valence-corrected chi connectivity index (χ1v) is 14.8. The normalized spacial score (nSPS) is 18.4. The van der Waals surface area contributed by atoms with Crippen LogP contribution in [0, 0.1) is 0 Å². The van der Waals surface area contributed by atoms with Gasteiger partial charge in [0.25, 0.3) is 0 Å². The Kier molecular flexibility index (Phi) is 8.31. The van der Waals surface area contributed by atoms with Crippen molar-refractivity contribution in [2.24, 2.45) is 0 Å². The van der Waals surface area contributed by atoms with Crippen LogP contribution in [0.5, 0.6) is 0 Å². The third kappa shape index (κ3) is 6.23. The molecule has 8 nitrogen and oxygen atoms in total. The topological polar surface area (TPSA) is 93.2 Å². The van der Waals surface area contributed by atoms with Gasteiger partial charge >= 0.3 is 12.1 Å². The maximum atomic E-state index is 15.1. The van der Waals surface area contributed by atoms with Crippen LogP contribution < -0.4 is 0 Å². The number of halogens is 2. The lowest BCUT2D eigenvalue weighted by atomic mass is 9.89. The first-order valence-electron chi connectivity index (χ1n) is 13.0. The number of sulfonamides is 1. The van der Waals surface area contributed by atoms with Gasteiger partial charge in [-0.2, -0.15) is 4.31 Å². The molecule has 0 aromatic heterocycles. The summed E-state index contributed by atoms with van der Waals surface area (Å²) in [6.07, 6.45) is -0.957. The third-order valence-corrected chi connectivity index (χ3v) is 9.23. The largest absolute Gasteiger partial charge is 0.464 e. The van der Waals surface area contributed by atoms with Crippen LogP contribution in [0.2, 0.25) is 5.02 Å². The van der Waals surface area contributed by atoms with Crippen LogP contribution in [0.25, 0.3) is 11.1 Å². The summed E-state index contributed by atoms with van der Waals surface area (Å²) in [5, 5.41) is 0.388. The summed E-state index contributed by atoms with van der Waals surface area (Å²) in [5.74, 6) is -0.952. The number of carbonyl (C=O) groups excluding carboxylic acids is 2. The smallest absolute Gasteiger partial charge is 0.410 e. The third-order valence-electron chi connectivity index (χ3n) is 6.95. The van der Waals surface area contributed by atoms with Gasteiger partial charge in [-0.05, 0) is 51.5 Å². The van der Waals surface area contributed by atoms with E-state index in [1.807, 2.05) is 20.8 Å². The second-order valence-corrected chi connectivity index (χ2v) is 13.2. The van der Waals surface area contributed by atoms with E-state index in [9.17, 15) is 18.0 Å². The van der Waals surface area contributed by atoms with Crippen LogP contribution in [0.4, 0.5) is 9.18 Å². The van der Waals surface area contributed by atoms with Gasteiger partial charge in [0, 0.05) is 61.1 Å². The highest BCUT2D eigenvalue weighted by Crippen LogP contribution is 2.39. The monoisotopic (exact) mass is 580 g/mol. The fraction of sp³-hybridized carbons (Fsp3) is 0.500. The van der Waals surface area contributed by atoms with Gasteiger partial charge in [0.2, 0.25) is 15.7 Å². The van der Waals surface area contributed by atoms with Crippen LogP contribution >= 0.6 is 11.6 Å². The molecular weight excluding hydrogens is 547 g/mol. The Morgan fingerprint density at radius 2 is 1.72 bits per heavy atom. The number of carbonyl (C=O) groups is 2. The number of likely N-dealkylation sites (tertiary alicyclic amines) is 1. The van der Waals surface area contributed by atoms with Gasteiger partial charge in [0.1, 0.15) is 5.60 Å². The van der Waals surface area contributed by atoms with Crippen LogP contribution in [0.15, 0.2) is 47.4 Å². The number of alkyl halides is 1. The van der Waals surface area contributed by atoms with E-state index in [1.54, 1.807) is 54.3 Å². The van der Waals surface area contributed by atoms with E-state index in [-0.39, 0.29) is 49.4 Å². The van der Waals surface area contributed by atoms with Crippen molar-refractivity contribution in [3.05, 3.63) is 53.1 Å². The molecule has 2 fully saturated rings. The number of ether oxygens (including phenoxy) is 2. The summed E-state index contributed by atoms with van der Waals surface area (Å²) in [6.45, 7) is 7.65. The predicted molar refractivity (Wildman–Crippen MR) is 146 cm³/mol. The zero-order chi connectivity index (χ0) is 28.6. The van der Waals surface area contributed by atoms with Crippen LogP contribution in [-0.4, -0.2) is 73.7 Å². The molecular formula is C28H34ClFN2O6S. The molecule has 1 amide bonds. The van der Waals surface area contributed by atoms with E-state index in [0.717, 1.165) is 5.56 Å². The maximum absolute atomic E-state index is 15.1. The number of rotatable bonds is 6. The lowest BCUT2D eigenvalue weighted by molar-refractivity contribution is -0.160. The molecule has 2 aromatic rings. The fourth-order valence-corrected chi connectivity index (χ4v) is 6.63. The average molecular weight is 581 g/mol. The molecule has 0 bridgehead atoms. The van der Waals surface area contributed by atoms with Crippen molar-refractivity contribution in [2.45, 2.75) is 62.6 Å². The van der Waals surface area contributed by atoms with Gasteiger partial charge < -0.3 is 14.4 Å². The highest BCUT2D eigenvalue weighted by atomic mass is 35.5. The molecule has 11 heteroatoms. The van der Waals surface area contributed by atoms with E-state index in [2.05, 4.69) is 0 Å². The molecule has 0 radical (unpaired) electrons. The molecule has 0 aliphatic carbocycles. The standard InChI is InChI=1S/C28H34ClFN2O6S/c1-5-37-25(33)28(30)12-14-32(15-13-28)39(35,36)24-11-10-19(16-22(24)21-8-6-7-9-23(21)29)20-17-31(18-20)26(34)38-27(2,3)4/h6-11,16,20H,5,12-15,17-18H2,1-4H3. The molecule has 2 aliphatic heterocycles. The molecule has 0 unspecified atom stereocenters. The zero-order valence-corrected chi connectivity index (χ0v) is 24.1. The maximum Gasteiger partial charge on any atom is 0.410 e. The lowest BCUT2D eigenvalue weighted by Crippen LogP contribution is -2.50. The minimum absolute atomic E-state index is 0.00206. The van der Waals surface area contributed by atoms with E-state index in [4.69, 9.17) is 21.1 Å². The number of piperidine rings is 1. The summed E-state index contributed by atoms with van der Waals surface area (Å²) in [7, 11) is -4.05. The van der Waals surface area contributed by atoms with Crippen LogP contribution in [-0.2, 0) is 24.3 Å². The lowest BCUT2D eigenvalue weighted by Gasteiger charge is -2.40. The molecule has 4 rings (SSSR count). The highest BCUT2D eigenvalue weighted by Gasteiger charge is 2.46. The summed E-state index contributed by atoms with van der Waals surface area (Å²) in [4.78, 5) is 26.1. The first-order chi connectivity index (χ1) is 18.2. The van der Waals surface area contributed by atoms with E-state index < -0.39 is 27.3 Å². The minimum atomic E-state index is -4.05. The molecule has 0 N–H and O–H groups in total. The second-order valence-electron chi connectivity index (χ2n) is 10.9. The highest BCUT2D eigenvalue weighted by molar-refractivity contribution is 7.89. The fourth-order valence-electron chi connectivity index (χ4n) is 4.77. The van der Waals surface area contributed by atoms with Crippen molar-refractivity contribution in [1.29, 1.82) is 0 Å². The van der Waals surface area contributed by atoms with Gasteiger partial charge in [-0.1, -0.05) is 35.9 Å². The quantitative estimate of drug-likeness (QED) is 0.425. The molecule has 39 heavy (non-hydrogen) atoms. The van der Waals surface area contributed by atoms with Gasteiger partial charge in [-0.15, -0.1) is 0 Å². The minimum Gasteiger partial charge on any atom is -0.464 e. The van der Waals surface area contributed by atoms with Crippen molar-refractivity contribution in [3.8, 4) is 11.1 Å². The summed E-state index contributed by atoms with van der Waals surface area (Å²) < 4.78 is 54.2. The zero-order valence-electron chi connectivity index (χ0n) is 22.6. The molecule has 212 valence electrons. The van der Waals surface area contributed by atoms with Gasteiger partial charge in [0.05, 0.1) is 11.5 Å². The number of hydrogen-bond donors (Lipinski definition) is 0. The van der Waals surface area contributed by atoms with E-state index in [0.29, 0.717) is 29.2 Å². The van der Waals surface area contributed by atoms with Crippen molar-refractivity contribution in [2.75, 3.05) is 32.8 Å². The van der Waals surface area contributed by atoms with Crippen molar-refractivity contribution in [3.63, 3.8) is 0 Å². The van der Waals surface area contributed by atoms with Crippen LogP contribution in [0.1, 0.15) is 52.0 Å². The Bertz CT molecular complexity index is 1350. The number of amides is 1. The van der Waals surface area contributed by atoms with Crippen molar-refractivity contribution < 1.29 is 31.9 Å². The van der Waals surface area contributed by atoms with Gasteiger partial charge in [0.15, 0.2) is 0 Å². The predicted octanol–water partition coefficient (Wildman–Crippen LogP) is 5.40. The SMILES string of the molecule is CCOC(=O)C1(F)CCN(S(=O)(=O)c2ccc(C3CN(C(=O)OC(C)(C)C)C3)cc2-c2ccccc2Cl)CC1. The van der Waals surface area contributed by atoms with Crippen LogP contribution in [0.3, 0.4) is 0 Å². The summed E-state index contributed by atoms with van der Waals surface area (Å²) in [6, 6.07) is 12.1. The Morgan fingerprint density at radius 1 is 1.08 bits per heavy atom. The Labute approximate surface area is 234 Å². The number of hydrogen-bond acceptors (Lipinski definition) is 6. The second kappa shape index (κ2) is 11.1. The van der Waals surface area contributed by atoms with Crippen molar-refractivity contribution in [1.82, 2.24) is 9.21 Å². The first kappa shape index (κ1) is 29.3. The molecule has 2 aromatic carbocycles. The van der Waals surface area contributed by atoms with E-state index >= 15 is 4.39 Å². The summed E-state index contributed by atoms with van der Waals surface area (Å²) >= 11 is 6.50. The van der Waals surface area contributed by atoms with Gasteiger partial charge in [-0.25, -0.2) is 22.4 Å². The van der Waals surface area contributed by atoms with E-state index in [1.165, 1.54) is 4.31 Å². The Balaban J connectivity index is 1.61. The number of esters is 1.